The van der Waals surface area contributed by atoms with Crippen LogP contribution in [-0.4, -0.2) is 58.5 Å². The van der Waals surface area contributed by atoms with E-state index >= 15 is 0 Å². The molecule has 2 heterocycles. The van der Waals surface area contributed by atoms with E-state index in [-0.39, 0.29) is 35.8 Å². The number of aliphatic imine (C=N–C) groups is 1. The quantitative estimate of drug-likeness (QED) is 0.247. The Morgan fingerprint density at radius 3 is 2.61 bits per heavy atom. The molecule has 1 aromatic rings. The summed E-state index contributed by atoms with van der Waals surface area (Å²) in [4.78, 5) is 23.1. The van der Waals surface area contributed by atoms with Gasteiger partial charge in [0.2, 0.25) is 5.91 Å². The van der Waals surface area contributed by atoms with Crippen LogP contribution in [0, 0.1) is 12.8 Å². The normalized spacial score (nSPS) is 15.5. The zero-order chi connectivity index (χ0) is 19.6. The molecule has 0 spiro atoms. The molecule has 1 saturated heterocycles. The molecule has 28 heavy (non-hydrogen) atoms. The van der Waals surface area contributed by atoms with Crippen LogP contribution < -0.4 is 10.6 Å². The molecule has 1 aliphatic rings. The Balaban J connectivity index is 0.00000392. The fourth-order valence-corrected chi connectivity index (χ4v) is 3.35. The smallest absolute Gasteiger partial charge is 0.225 e. The standard InChI is InChI=1S/C20H36N6O.HI/c1-5-21-20(23-10-6-7-12-25-15-11-22-17(25)4)24-18-8-13-26(14-9-18)19(27)16(2)3;/h11,15-16,18H,5-10,12-14H2,1-4H3,(H2,21,23,24);1H. The highest BCUT2D eigenvalue weighted by Gasteiger charge is 2.24. The summed E-state index contributed by atoms with van der Waals surface area (Å²) in [7, 11) is 0. The molecule has 0 aromatic carbocycles. The van der Waals surface area contributed by atoms with Crippen molar-refractivity contribution in [3.05, 3.63) is 18.2 Å². The molecular weight excluding hydrogens is 467 g/mol. The number of hydrogen-bond acceptors (Lipinski definition) is 3. The number of carbonyl (C=O) groups is 1. The lowest BCUT2D eigenvalue weighted by molar-refractivity contribution is -0.135. The molecule has 7 nitrogen and oxygen atoms in total. The lowest BCUT2D eigenvalue weighted by Crippen LogP contribution is -2.50. The number of carbonyl (C=O) groups excluding carboxylic acids is 1. The van der Waals surface area contributed by atoms with Gasteiger partial charge in [-0.3, -0.25) is 9.79 Å². The van der Waals surface area contributed by atoms with Crippen LogP contribution in [0.15, 0.2) is 17.4 Å². The number of unbranched alkanes of at least 4 members (excludes halogenated alkanes) is 1. The van der Waals surface area contributed by atoms with Crippen LogP contribution >= 0.6 is 24.0 Å². The van der Waals surface area contributed by atoms with Crippen molar-refractivity contribution in [2.75, 3.05) is 26.2 Å². The Bertz CT molecular complexity index is 608. The third-order valence-electron chi connectivity index (χ3n) is 4.99. The summed E-state index contributed by atoms with van der Waals surface area (Å²) < 4.78 is 2.18. The van der Waals surface area contributed by atoms with Gasteiger partial charge in [0, 0.05) is 57.1 Å². The molecule has 0 unspecified atom stereocenters. The first-order chi connectivity index (χ1) is 13.0. The second kappa shape index (κ2) is 13.0. The van der Waals surface area contributed by atoms with Gasteiger partial charge in [-0.15, -0.1) is 24.0 Å². The minimum absolute atomic E-state index is 0. The first-order valence-electron chi connectivity index (χ1n) is 10.3. The number of aromatic nitrogens is 2. The van der Waals surface area contributed by atoms with E-state index in [2.05, 4.69) is 27.1 Å². The summed E-state index contributed by atoms with van der Waals surface area (Å²) in [6, 6.07) is 0.382. The topological polar surface area (TPSA) is 74.6 Å². The van der Waals surface area contributed by atoms with Crippen LogP contribution in [0.2, 0.25) is 0 Å². The van der Waals surface area contributed by atoms with Gasteiger partial charge in [0.25, 0.3) is 0 Å². The molecule has 0 radical (unpaired) electrons. The molecule has 1 aromatic heterocycles. The summed E-state index contributed by atoms with van der Waals surface area (Å²) in [5, 5.41) is 6.88. The molecule has 160 valence electrons. The second-order valence-corrected chi connectivity index (χ2v) is 7.53. The minimum atomic E-state index is 0. The lowest BCUT2D eigenvalue weighted by Gasteiger charge is -2.34. The predicted molar refractivity (Wildman–Crippen MR) is 125 cm³/mol. The van der Waals surface area contributed by atoms with E-state index in [1.807, 2.05) is 38.1 Å². The van der Waals surface area contributed by atoms with Crippen LogP contribution in [0.25, 0.3) is 0 Å². The van der Waals surface area contributed by atoms with Gasteiger partial charge in [-0.25, -0.2) is 4.98 Å². The van der Waals surface area contributed by atoms with Gasteiger partial charge in [-0.2, -0.15) is 0 Å². The third-order valence-corrected chi connectivity index (χ3v) is 4.99. The average molecular weight is 504 g/mol. The van der Waals surface area contributed by atoms with Crippen molar-refractivity contribution >= 4 is 35.8 Å². The molecule has 0 saturated carbocycles. The van der Waals surface area contributed by atoms with E-state index in [1.54, 1.807) is 0 Å². The molecule has 0 aliphatic carbocycles. The first kappa shape index (κ1) is 24.7. The Morgan fingerprint density at radius 1 is 1.32 bits per heavy atom. The Kier molecular flexibility index (Phi) is 11.5. The number of piperidine rings is 1. The number of nitrogens with zero attached hydrogens (tertiary/aromatic N) is 4. The number of imidazole rings is 1. The highest BCUT2D eigenvalue weighted by molar-refractivity contribution is 14.0. The summed E-state index contributed by atoms with van der Waals surface area (Å²) in [6.07, 6.45) is 7.97. The van der Waals surface area contributed by atoms with Gasteiger partial charge < -0.3 is 20.1 Å². The highest BCUT2D eigenvalue weighted by Crippen LogP contribution is 2.13. The van der Waals surface area contributed by atoms with Crippen molar-refractivity contribution in [2.45, 2.75) is 66.0 Å². The summed E-state index contributed by atoms with van der Waals surface area (Å²) in [6.45, 7) is 12.4. The molecule has 0 atom stereocenters. The fourth-order valence-electron chi connectivity index (χ4n) is 3.35. The van der Waals surface area contributed by atoms with Gasteiger partial charge in [0.05, 0.1) is 0 Å². The monoisotopic (exact) mass is 504 g/mol. The maximum absolute atomic E-state index is 12.1. The van der Waals surface area contributed by atoms with Crippen molar-refractivity contribution in [3.63, 3.8) is 0 Å². The summed E-state index contributed by atoms with van der Waals surface area (Å²) in [5.74, 6) is 2.31. The average Bonchev–Trinajstić information content (AvgIpc) is 3.06. The SMILES string of the molecule is CCNC(=NCCCCn1ccnc1C)NC1CCN(C(=O)C(C)C)CC1.I. The van der Waals surface area contributed by atoms with Crippen molar-refractivity contribution in [1.29, 1.82) is 0 Å². The lowest BCUT2D eigenvalue weighted by atomic mass is 10.0. The summed E-state index contributed by atoms with van der Waals surface area (Å²) >= 11 is 0. The molecule has 2 N–H and O–H groups in total. The molecule has 8 heteroatoms. The number of halogens is 1. The van der Waals surface area contributed by atoms with E-state index in [1.165, 1.54) is 0 Å². The van der Waals surface area contributed by atoms with Crippen LogP contribution in [-0.2, 0) is 11.3 Å². The maximum Gasteiger partial charge on any atom is 0.225 e. The van der Waals surface area contributed by atoms with E-state index in [4.69, 9.17) is 4.99 Å². The number of aryl methyl sites for hydroxylation is 2. The molecule has 1 fully saturated rings. The van der Waals surface area contributed by atoms with Crippen LogP contribution in [0.3, 0.4) is 0 Å². The summed E-state index contributed by atoms with van der Waals surface area (Å²) in [5.41, 5.74) is 0. The van der Waals surface area contributed by atoms with Gasteiger partial charge in [-0.1, -0.05) is 13.8 Å². The van der Waals surface area contributed by atoms with E-state index in [0.717, 1.165) is 70.2 Å². The van der Waals surface area contributed by atoms with Gasteiger partial charge >= 0.3 is 0 Å². The van der Waals surface area contributed by atoms with Crippen LogP contribution in [0.5, 0.6) is 0 Å². The van der Waals surface area contributed by atoms with Crippen molar-refractivity contribution in [3.8, 4) is 0 Å². The van der Waals surface area contributed by atoms with Gasteiger partial charge in [-0.05, 0) is 39.5 Å². The van der Waals surface area contributed by atoms with Crippen molar-refractivity contribution < 1.29 is 4.79 Å². The number of rotatable bonds is 8. The fraction of sp³-hybridized carbons (Fsp3) is 0.750. The zero-order valence-electron chi connectivity index (χ0n) is 17.8. The number of hydrogen-bond donors (Lipinski definition) is 2. The minimum Gasteiger partial charge on any atom is -0.357 e. The maximum atomic E-state index is 12.1. The Hall–Kier alpha value is -1.32. The zero-order valence-corrected chi connectivity index (χ0v) is 20.1. The van der Waals surface area contributed by atoms with Gasteiger partial charge in [0.1, 0.15) is 5.82 Å². The predicted octanol–water partition coefficient (Wildman–Crippen LogP) is 2.79. The molecular formula is C20H37IN6O. The number of likely N-dealkylation sites (tertiary alicyclic amines) is 1. The van der Waals surface area contributed by atoms with E-state index in [9.17, 15) is 4.79 Å². The number of nitrogens with one attached hydrogen (secondary N) is 2. The Labute approximate surface area is 186 Å². The molecule has 2 rings (SSSR count). The molecule has 1 aliphatic heterocycles. The van der Waals surface area contributed by atoms with Crippen LogP contribution in [0.4, 0.5) is 0 Å². The van der Waals surface area contributed by atoms with Gasteiger partial charge in [0.15, 0.2) is 5.96 Å². The first-order valence-corrected chi connectivity index (χ1v) is 10.3. The van der Waals surface area contributed by atoms with Crippen molar-refractivity contribution in [1.82, 2.24) is 25.1 Å². The second-order valence-electron chi connectivity index (χ2n) is 7.53. The van der Waals surface area contributed by atoms with E-state index < -0.39 is 0 Å². The molecule has 1 amide bonds. The third kappa shape index (κ3) is 7.97. The van der Waals surface area contributed by atoms with Crippen molar-refractivity contribution in [2.24, 2.45) is 10.9 Å². The molecule has 0 bridgehead atoms. The largest absolute Gasteiger partial charge is 0.357 e. The number of guanidine groups is 1. The highest BCUT2D eigenvalue weighted by atomic mass is 127. The Morgan fingerprint density at radius 2 is 2.04 bits per heavy atom. The van der Waals surface area contributed by atoms with E-state index in [0.29, 0.717) is 6.04 Å². The number of amides is 1. The van der Waals surface area contributed by atoms with Crippen LogP contribution in [0.1, 0.15) is 52.3 Å².